The van der Waals surface area contributed by atoms with E-state index >= 15 is 0 Å². The number of anilines is 1. The van der Waals surface area contributed by atoms with Gasteiger partial charge in [-0.2, -0.15) is 0 Å². The highest BCUT2D eigenvalue weighted by Gasteiger charge is 2.35. The highest BCUT2D eigenvalue weighted by molar-refractivity contribution is 5.88. The van der Waals surface area contributed by atoms with E-state index < -0.39 is 17.9 Å². The van der Waals surface area contributed by atoms with Crippen LogP contribution in [0.3, 0.4) is 0 Å². The van der Waals surface area contributed by atoms with E-state index in [1.54, 1.807) is 4.90 Å². The van der Waals surface area contributed by atoms with Crippen molar-refractivity contribution in [3.63, 3.8) is 0 Å². The number of hydrogen-bond donors (Lipinski definition) is 4. The second-order valence-electron chi connectivity index (χ2n) is 8.29. The molecular formula is C25H34N4O5. The Morgan fingerprint density at radius 2 is 1.71 bits per heavy atom. The van der Waals surface area contributed by atoms with Crippen molar-refractivity contribution in [2.45, 2.75) is 32.3 Å². The molecule has 34 heavy (non-hydrogen) atoms. The van der Waals surface area contributed by atoms with E-state index in [1.807, 2.05) is 66.5 Å². The Hall–Kier alpha value is -3.14. The molecule has 0 aliphatic carbocycles. The van der Waals surface area contributed by atoms with Crippen molar-refractivity contribution in [3.05, 3.63) is 60.2 Å². The standard InChI is InChI=1S/C25H34N4O5/c1-2-34-21-13-11-19(12-14-21)7-6-10-22(23(30)24(31)27-33)25(32)28-15-17-29(18-16-28)26-20-8-4-3-5-9-20/h3-5,8-9,11-14,22-23,26,30,33H,2,6-7,10,15-18H2,1H3,(H,27,31)/t22-,23+/m1/s1. The number of piperazine rings is 1. The molecule has 0 radical (unpaired) electrons. The molecule has 2 aromatic carbocycles. The first-order chi connectivity index (χ1) is 16.5. The zero-order valence-electron chi connectivity index (χ0n) is 19.5. The number of aryl methyl sites for hydroxylation is 1. The highest BCUT2D eigenvalue weighted by atomic mass is 16.5. The molecular weight excluding hydrogens is 436 g/mol. The number of nitrogens with one attached hydrogen (secondary N) is 2. The fourth-order valence-electron chi connectivity index (χ4n) is 4.08. The van der Waals surface area contributed by atoms with Gasteiger partial charge in [-0.05, 0) is 56.0 Å². The van der Waals surface area contributed by atoms with Gasteiger partial charge in [0.05, 0.1) is 12.5 Å². The van der Waals surface area contributed by atoms with Crippen LogP contribution in [-0.2, 0) is 16.0 Å². The Morgan fingerprint density at radius 1 is 1.03 bits per heavy atom. The van der Waals surface area contributed by atoms with E-state index in [-0.39, 0.29) is 5.91 Å². The van der Waals surface area contributed by atoms with Crippen LogP contribution in [0.5, 0.6) is 5.75 Å². The number of hydrazine groups is 1. The lowest BCUT2D eigenvalue weighted by Crippen LogP contribution is -2.54. The average Bonchev–Trinajstić information content (AvgIpc) is 2.87. The summed E-state index contributed by atoms with van der Waals surface area (Å²) in [5, 5.41) is 21.5. The zero-order chi connectivity index (χ0) is 24.3. The maximum Gasteiger partial charge on any atom is 0.272 e. The lowest BCUT2D eigenvalue weighted by molar-refractivity contribution is -0.151. The van der Waals surface area contributed by atoms with Gasteiger partial charge in [-0.3, -0.25) is 14.8 Å². The molecule has 0 aromatic heterocycles. The fourth-order valence-corrected chi connectivity index (χ4v) is 4.08. The first kappa shape index (κ1) is 25.5. The molecule has 184 valence electrons. The van der Waals surface area contributed by atoms with E-state index in [2.05, 4.69) is 5.43 Å². The normalized spacial score (nSPS) is 15.9. The number of aliphatic hydroxyl groups excluding tert-OH is 1. The molecule has 9 heteroatoms. The number of nitrogens with zero attached hydrogens (tertiary/aromatic N) is 2. The molecule has 1 saturated heterocycles. The third-order valence-electron chi connectivity index (χ3n) is 5.94. The van der Waals surface area contributed by atoms with Gasteiger partial charge in [0.1, 0.15) is 11.9 Å². The van der Waals surface area contributed by atoms with E-state index in [9.17, 15) is 14.7 Å². The van der Waals surface area contributed by atoms with Gasteiger partial charge in [-0.1, -0.05) is 30.3 Å². The summed E-state index contributed by atoms with van der Waals surface area (Å²) in [7, 11) is 0. The van der Waals surface area contributed by atoms with Gasteiger partial charge in [0.15, 0.2) is 0 Å². The topological polar surface area (TPSA) is 114 Å². The Kier molecular flexibility index (Phi) is 9.69. The fraction of sp³-hybridized carbons (Fsp3) is 0.440. The minimum atomic E-state index is -1.61. The average molecular weight is 471 g/mol. The predicted molar refractivity (Wildman–Crippen MR) is 128 cm³/mol. The van der Waals surface area contributed by atoms with Crippen LogP contribution in [0.4, 0.5) is 5.69 Å². The lowest BCUT2D eigenvalue weighted by Gasteiger charge is -2.37. The summed E-state index contributed by atoms with van der Waals surface area (Å²) in [6.07, 6.45) is 0.00956. The van der Waals surface area contributed by atoms with Crippen LogP contribution in [0.1, 0.15) is 25.3 Å². The van der Waals surface area contributed by atoms with Crippen LogP contribution in [0, 0.1) is 5.92 Å². The van der Waals surface area contributed by atoms with Crippen LogP contribution in [0.15, 0.2) is 54.6 Å². The van der Waals surface area contributed by atoms with Gasteiger partial charge in [0.25, 0.3) is 5.91 Å². The van der Waals surface area contributed by atoms with Crippen molar-refractivity contribution in [1.82, 2.24) is 15.4 Å². The van der Waals surface area contributed by atoms with Crippen LogP contribution < -0.4 is 15.6 Å². The molecule has 2 aromatic rings. The summed E-state index contributed by atoms with van der Waals surface area (Å²) in [6, 6.07) is 17.5. The van der Waals surface area contributed by atoms with Gasteiger partial charge in [-0.25, -0.2) is 10.5 Å². The van der Waals surface area contributed by atoms with Crippen LogP contribution in [0.2, 0.25) is 0 Å². The number of hydrogen-bond acceptors (Lipinski definition) is 7. The molecule has 0 spiro atoms. The van der Waals surface area contributed by atoms with Gasteiger partial charge in [-0.15, -0.1) is 0 Å². The molecule has 0 bridgehead atoms. The van der Waals surface area contributed by atoms with Crippen molar-refractivity contribution >= 4 is 17.5 Å². The first-order valence-electron chi connectivity index (χ1n) is 11.7. The van der Waals surface area contributed by atoms with E-state index in [0.717, 1.165) is 17.0 Å². The molecule has 2 atom stereocenters. The van der Waals surface area contributed by atoms with Crippen molar-refractivity contribution < 1.29 is 24.6 Å². The number of rotatable bonds is 11. The molecule has 2 amide bonds. The number of carbonyl (C=O) groups is 2. The number of amides is 2. The molecule has 0 saturated carbocycles. The Bertz CT molecular complexity index is 901. The zero-order valence-corrected chi connectivity index (χ0v) is 19.5. The molecule has 9 nitrogen and oxygen atoms in total. The van der Waals surface area contributed by atoms with E-state index in [0.29, 0.717) is 52.0 Å². The number of ether oxygens (including phenoxy) is 1. The first-order valence-corrected chi connectivity index (χ1v) is 11.7. The summed E-state index contributed by atoms with van der Waals surface area (Å²) in [5.41, 5.74) is 6.85. The summed E-state index contributed by atoms with van der Waals surface area (Å²) < 4.78 is 5.45. The molecule has 1 aliphatic heterocycles. The molecule has 1 fully saturated rings. The Balaban J connectivity index is 1.55. The predicted octanol–water partition coefficient (Wildman–Crippen LogP) is 2.06. The smallest absolute Gasteiger partial charge is 0.272 e. The highest BCUT2D eigenvalue weighted by Crippen LogP contribution is 2.21. The molecule has 1 heterocycles. The van der Waals surface area contributed by atoms with Gasteiger partial charge >= 0.3 is 0 Å². The summed E-state index contributed by atoms with van der Waals surface area (Å²) >= 11 is 0. The maximum absolute atomic E-state index is 13.2. The largest absolute Gasteiger partial charge is 0.494 e. The van der Waals surface area contributed by atoms with Gasteiger partial charge in [0.2, 0.25) is 5.91 Å². The summed E-state index contributed by atoms with van der Waals surface area (Å²) in [6.45, 7) is 4.70. The van der Waals surface area contributed by atoms with E-state index in [1.165, 1.54) is 5.48 Å². The van der Waals surface area contributed by atoms with Crippen molar-refractivity contribution in [2.24, 2.45) is 5.92 Å². The second-order valence-corrected chi connectivity index (χ2v) is 8.29. The van der Waals surface area contributed by atoms with E-state index in [4.69, 9.17) is 9.94 Å². The van der Waals surface area contributed by atoms with Crippen LogP contribution in [-0.4, -0.2) is 70.9 Å². The lowest BCUT2D eigenvalue weighted by atomic mass is 9.92. The van der Waals surface area contributed by atoms with Crippen molar-refractivity contribution in [1.29, 1.82) is 0 Å². The third kappa shape index (κ3) is 7.18. The third-order valence-corrected chi connectivity index (χ3v) is 5.94. The molecule has 3 rings (SSSR count). The van der Waals surface area contributed by atoms with Gasteiger partial charge in [0, 0.05) is 31.9 Å². The molecule has 1 aliphatic rings. The van der Waals surface area contributed by atoms with Crippen molar-refractivity contribution in [2.75, 3.05) is 38.2 Å². The van der Waals surface area contributed by atoms with Crippen LogP contribution in [0.25, 0.3) is 0 Å². The minimum Gasteiger partial charge on any atom is -0.494 e. The quantitative estimate of drug-likeness (QED) is 0.294. The maximum atomic E-state index is 13.2. The summed E-state index contributed by atoms with van der Waals surface area (Å²) in [4.78, 5) is 26.8. The molecule has 4 N–H and O–H groups in total. The number of aliphatic hydroxyl groups is 1. The Morgan fingerprint density at radius 3 is 2.32 bits per heavy atom. The monoisotopic (exact) mass is 470 g/mol. The number of benzene rings is 2. The minimum absolute atomic E-state index is 0.276. The summed E-state index contributed by atoms with van der Waals surface area (Å²) in [5.74, 6) is -1.37. The Labute approximate surface area is 200 Å². The number of para-hydroxylation sites is 1. The van der Waals surface area contributed by atoms with Gasteiger partial charge < -0.3 is 20.2 Å². The van der Waals surface area contributed by atoms with Crippen molar-refractivity contribution in [3.8, 4) is 5.75 Å². The molecule has 0 unspecified atom stereocenters. The second kappa shape index (κ2) is 12.9. The number of hydroxylamine groups is 1. The number of carbonyl (C=O) groups excluding carboxylic acids is 2. The van der Waals surface area contributed by atoms with Crippen LogP contribution >= 0.6 is 0 Å². The SMILES string of the molecule is CCOc1ccc(CCC[C@@H](C(=O)N2CCN(Nc3ccccc3)CC2)[C@H](O)C(=O)NO)cc1.